The predicted octanol–water partition coefficient (Wildman–Crippen LogP) is 2.21. The highest BCUT2D eigenvalue weighted by Gasteiger charge is 2.15. The maximum absolute atomic E-state index is 11.8. The molecule has 4 nitrogen and oxygen atoms in total. The minimum Gasteiger partial charge on any atom is -0.350 e. The van der Waals surface area contributed by atoms with Gasteiger partial charge in [0.25, 0.3) is 0 Å². The topological polar surface area (TPSA) is 51.1 Å². The number of hydrogen-bond donors (Lipinski definition) is 1. The zero-order chi connectivity index (χ0) is 13.5. The van der Waals surface area contributed by atoms with Crippen LogP contribution in [0.3, 0.4) is 0 Å². The molecule has 1 heterocycles. The van der Waals surface area contributed by atoms with Gasteiger partial charge in [-0.05, 0) is 36.7 Å². The molecular weight excluding hydrogens is 248 g/mol. The van der Waals surface area contributed by atoms with Crippen molar-refractivity contribution in [1.82, 2.24) is 9.29 Å². The predicted molar refractivity (Wildman–Crippen MR) is 73.3 cm³/mol. The van der Waals surface area contributed by atoms with E-state index >= 15 is 0 Å². The molecule has 1 aromatic heterocycles. The van der Waals surface area contributed by atoms with Crippen molar-refractivity contribution in [2.75, 3.05) is 7.05 Å². The number of benzene rings is 1. The van der Waals surface area contributed by atoms with Gasteiger partial charge in [-0.1, -0.05) is 13.8 Å². The number of nitrogens with zero attached hydrogens (tertiary/aromatic N) is 1. The van der Waals surface area contributed by atoms with Crippen molar-refractivity contribution in [3.05, 3.63) is 30.0 Å². The molecule has 0 aliphatic carbocycles. The third kappa shape index (κ3) is 2.04. The Hall–Kier alpha value is -1.33. The van der Waals surface area contributed by atoms with Crippen LogP contribution < -0.4 is 4.72 Å². The lowest BCUT2D eigenvalue weighted by molar-refractivity contribution is 0.588. The summed E-state index contributed by atoms with van der Waals surface area (Å²) in [4.78, 5) is 0.311. The van der Waals surface area contributed by atoms with E-state index in [9.17, 15) is 8.42 Å². The van der Waals surface area contributed by atoms with Crippen molar-refractivity contribution in [1.29, 1.82) is 0 Å². The average molecular weight is 266 g/mol. The minimum absolute atomic E-state index is 0.311. The lowest BCUT2D eigenvalue weighted by atomic mass is 10.0. The van der Waals surface area contributed by atoms with Gasteiger partial charge in [0.15, 0.2) is 0 Å². The van der Waals surface area contributed by atoms with Crippen LogP contribution >= 0.6 is 0 Å². The summed E-state index contributed by atoms with van der Waals surface area (Å²) in [5.41, 5.74) is 2.22. The number of fused-ring (bicyclic) bond motifs is 1. The van der Waals surface area contributed by atoms with Crippen LogP contribution in [0.1, 0.15) is 25.3 Å². The van der Waals surface area contributed by atoms with E-state index < -0.39 is 10.0 Å². The van der Waals surface area contributed by atoms with E-state index in [1.165, 1.54) is 12.6 Å². The van der Waals surface area contributed by atoms with Crippen LogP contribution in [0.15, 0.2) is 29.3 Å². The largest absolute Gasteiger partial charge is 0.350 e. The second-order valence-electron chi connectivity index (χ2n) is 4.74. The molecule has 1 N–H and O–H groups in total. The summed E-state index contributed by atoms with van der Waals surface area (Å²) in [5, 5.41) is 1.00. The first kappa shape index (κ1) is 13.1. The molecule has 18 heavy (non-hydrogen) atoms. The van der Waals surface area contributed by atoms with Gasteiger partial charge in [0.05, 0.1) is 4.90 Å². The average Bonchev–Trinajstić information content (AvgIpc) is 2.66. The number of aromatic nitrogens is 1. The summed E-state index contributed by atoms with van der Waals surface area (Å²) < 4.78 is 28.0. The van der Waals surface area contributed by atoms with Crippen LogP contribution in [0.25, 0.3) is 10.9 Å². The van der Waals surface area contributed by atoms with Crippen LogP contribution in [-0.4, -0.2) is 20.0 Å². The Bertz CT molecular complexity index is 684. The van der Waals surface area contributed by atoms with Crippen molar-refractivity contribution in [2.45, 2.75) is 24.7 Å². The normalized spacial score (nSPS) is 12.5. The third-order valence-electron chi connectivity index (χ3n) is 3.19. The molecule has 5 heteroatoms. The van der Waals surface area contributed by atoms with Gasteiger partial charge in [-0.2, -0.15) is 0 Å². The first-order chi connectivity index (χ1) is 8.36. The fraction of sp³-hybridized carbons (Fsp3) is 0.385. The third-order valence-corrected chi connectivity index (χ3v) is 4.60. The van der Waals surface area contributed by atoms with Crippen LogP contribution in [0.4, 0.5) is 0 Å². The Balaban J connectivity index is 2.75. The van der Waals surface area contributed by atoms with Crippen LogP contribution in [0.5, 0.6) is 0 Å². The highest BCUT2D eigenvalue weighted by atomic mass is 32.2. The van der Waals surface area contributed by atoms with Gasteiger partial charge in [-0.3, -0.25) is 0 Å². The first-order valence-corrected chi connectivity index (χ1v) is 7.37. The Morgan fingerprint density at radius 2 is 1.94 bits per heavy atom. The van der Waals surface area contributed by atoms with E-state index in [1.54, 1.807) is 12.1 Å². The fourth-order valence-electron chi connectivity index (χ4n) is 2.15. The van der Waals surface area contributed by atoms with Gasteiger partial charge >= 0.3 is 0 Å². The highest BCUT2D eigenvalue weighted by Crippen LogP contribution is 2.28. The SMILES string of the molecule is CNS(=O)(=O)c1ccc2c(c1)c(C(C)C)cn2C. The molecular formula is C13H18N2O2S. The molecule has 98 valence electrons. The second-order valence-corrected chi connectivity index (χ2v) is 6.62. The zero-order valence-corrected chi connectivity index (χ0v) is 11.9. The van der Waals surface area contributed by atoms with Crippen molar-refractivity contribution in [3.63, 3.8) is 0 Å². The maximum atomic E-state index is 11.8. The van der Waals surface area contributed by atoms with E-state index in [2.05, 4.69) is 24.8 Å². The van der Waals surface area contributed by atoms with E-state index in [4.69, 9.17) is 0 Å². The van der Waals surface area contributed by atoms with Crippen LogP contribution in [0, 0.1) is 0 Å². The standard InChI is InChI=1S/C13H18N2O2S/c1-9(2)12-8-15(4)13-6-5-10(7-11(12)13)18(16,17)14-3/h5-9,14H,1-4H3. The van der Waals surface area contributed by atoms with Gasteiger partial charge in [-0.15, -0.1) is 0 Å². The molecule has 0 spiro atoms. The highest BCUT2D eigenvalue weighted by molar-refractivity contribution is 7.89. The number of rotatable bonds is 3. The van der Waals surface area contributed by atoms with Gasteiger partial charge in [0.2, 0.25) is 10.0 Å². The van der Waals surface area contributed by atoms with E-state index in [-0.39, 0.29) is 0 Å². The Kier molecular flexibility index (Phi) is 3.21. The number of nitrogens with one attached hydrogen (secondary N) is 1. The summed E-state index contributed by atoms with van der Waals surface area (Å²) in [6.45, 7) is 4.21. The van der Waals surface area contributed by atoms with Crippen molar-refractivity contribution in [3.8, 4) is 0 Å². The zero-order valence-electron chi connectivity index (χ0n) is 11.1. The quantitative estimate of drug-likeness (QED) is 0.926. The Morgan fingerprint density at radius 3 is 2.50 bits per heavy atom. The van der Waals surface area contributed by atoms with Gasteiger partial charge < -0.3 is 4.57 Å². The van der Waals surface area contributed by atoms with Crippen LogP contribution in [0.2, 0.25) is 0 Å². The van der Waals surface area contributed by atoms with E-state index in [1.807, 2.05) is 17.7 Å². The number of sulfonamides is 1. The lowest BCUT2D eigenvalue weighted by Crippen LogP contribution is -2.18. The summed E-state index contributed by atoms with van der Waals surface area (Å²) in [6.07, 6.45) is 2.06. The Labute approximate surface area is 108 Å². The van der Waals surface area contributed by atoms with Crippen molar-refractivity contribution < 1.29 is 8.42 Å². The fourth-order valence-corrected chi connectivity index (χ4v) is 2.90. The van der Waals surface area contributed by atoms with Crippen LogP contribution in [-0.2, 0) is 17.1 Å². The van der Waals surface area contributed by atoms with E-state index in [0.29, 0.717) is 10.8 Å². The second kappa shape index (κ2) is 4.40. The summed E-state index contributed by atoms with van der Waals surface area (Å²) in [6, 6.07) is 5.24. The molecule has 2 aromatic rings. The molecule has 1 aromatic carbocycles. The summed E-state index contributed by atoms with van der Waals surface area (Å²) >= 11 is 0. The van der Waals surface area contributed by atoms with Gasteiger partial charge in [0.1, 0.15) is 0 Å². The van der Waals surface area contributed by atoms with E-state index in [0.717, 1.165) is 10.9 Å². The monoisotopic (exact) mass is 266 g/mol. The molecule has 0 saturated carbocycles. The molecule has 0 radical (unpaired) electrons. The minimum atomic E-state index is -3.38. The van der Waals surface area contributed by atoms with Crippen molar-refractivity contribution >= 4 is 20.9 Å². The van der Waals surface area contributed by atoms with Gasteiger partial charge in [-0.25, -0.2) is 13.1 Å². The molecule has 0 fully saturated rings. The number of hydrogen-bond acceptors (Lipinski definition) is 2. The molecule has 0 aliphatic rings. The summed E-state index contributed by atoms with van der Waals surface area (Å²) in [5.74, 6) is 0.362. The smallest absolute Gasteiger partial charge is 0.240 e. The van der Waals surface area contributed by atoms with Crippen molar-refractivity contribution in [2.24, 2.45) is 7.05 Å². The van der Waals surface area contributed by atoms with Gasteiger partial charge in [0, 0.05) is 24.1 Å². The maximum Gasteiger partial charge on any atom is 0.240 e. The molecule has 0 amide bonds. The summed E-state index contributed by atoms with van der Waals surface area (Å²) in [7, 11) is 0.0150. The molecule has 0 atom stereocenters. The molecule has 0 bridgehead atoms. The number of aryl methyl sites for hydroxylation is 1. The lowest BCUT2D eigenvalue weighted by Gasteiger charge is -2.05. The molecule has 0 aliphatic heterocycles. The first-order valence-electron chi connectivity index (χ1n) is 5.89. The molecule has 2 rings (SSSR count). The molecule has 0 unspecified atom stereocenters. The molecule has 0 saturated heterocycles. The Morgan fingerprint density at radius 1 is 1.28 bits per heavy atom.